The molecule has 26 heavy (non-hydrogen) atoms. The highest BCUT2D eigenvalue weighted by molar-refractivity contribution is 7.92. The minimum atomic E-state index is -3.82. The molecule has 0 fully saturated rings. The maximum absolute atomic E-state index is 13.7. The van der Waals surface area contributed by atoms with Gasteiger partial charge in [-0.15, -0.1) is 0 Å². The summed E-state index contributed by atoms with van der Waals surface area (Å²) < 4.78 is 67.8. The molecule has 1 rings (SSSR count). The van der Waals surface area contributed by atoms with Crippen LogP contribution in [0.4, 0.5) is 14.5 Å². The Kier molecular flexibility index (Phi) is 10.6. The van der Waals surface area contributed by atoms with Gasteiger partial charge >= 0.3 is 0 Å². The van der Waals surface area contributed by atoms with Crippen LogP contribution >= 0.6 is 0 Å². The fourth-order valence-corrected chi connectivity index (χ4v) is 3.01. The van der Waals surface area contributed by atoms with E-state index in [1.165, 1.54) is 7.05 Å². The standard InChI is InChI=1S/C17H27F2NO5S/c1-3-4-7-23-8-9-24-10-11-25-12-13-26(21,22)20(2)17-14-15(18)5-6-16(17)19/h5-6,14H,3-4,7-13H2,1-2H3. The molecule has 0 heterocycles. The van der Waals surface area contributed by atoms with Crippen molar-refractivity contribution in [3.63, 3.8) is 0 Å². The summed E-state index contributed by atoms with van der Waals surface area (Å²) in [6.07, 6.45) is 2.10. The van der Waals surface area contributed by atoms with Crippen molar-refractivity contribution in [2.24, 2.45) is 0 Å². The summed E-state index contributed by atoms with van der Waals surface area (Å²) in [7, 11) is -2.65. The Hall–Kier alpha value is -1.29. The van der Waals surface area contributed by atoms with Crippen molar-refractivity contribution in [1.82, 2.24) is 0 Å². The van der Waals surface area contributed by atoms with Gasteiger partial charge in [-0.1, -0.05) is 13.3 Å². The summed E-state index contributed by atoms with van der Waals surface area (Å²) in [5.41, 5.74) is -0.337. The monoisotopic (exact) mass is 395 g/mol. The SMILES string of the molecule is CCCCOCCOCCOCCS(=O)(=O)N(C)c1cc(F)ccc1F. The number of hydrogen-bond donors (Lipinski definition) is 0. The zero-order chi connectivity index (χ0) is 19.4. The molecule has 0 spiro atoms. The summed E-state index contributed by atoms with van der Waals surface area (Å²) in [4.78, 5) is 0. The van der Waals surface area contributed by atoms with Crippen LogP contribution in [0.1, 0.15) is 19.8 Å². The second-order valence-electron chi connectivity index (χ2n) is 5.57. The second-order valence-corrected chi connectivity index (χ2v) is 7.69. The van der Waals surface area contributed by atoms with Gasteiger partial charge in [0, 0.05) is 19.7 Å². The van der Waals surface area contributed by atoms with Crippen molar-refractivity contribution < 1.29 is 31.4 Å². The van der Waals surface area contributed by atoms with E-state index < -0.39 is 21.7 Å². The van der Waals surface area contributed by atoms with Crippen LogP contribution in [0.3, 0.4) is 0 Å². The molecule has 0 atom stereocenters. The van der Waals surface area contributed by atoms with Crippen LogP contribution < -0.4 is 4.31 Å². The van der Waals surface area contributed by atoms with E-state index in [2.05, 4.69) is 6.92 Å². The third-order valence-electron chi connectivity index (χ3n) is 3.54. The number of nitrogens with zero attached hydrogens (tertiary/aromatic N) is 1. The Morgan fingerprint density at radius 1 is 0.962 bits per heavy atom. The van der Waals surface area contributed by atoms with Gasteiger partial charge in [-0.05, 0) is 18.6 Å². The first kappa shape index (κ1) is 22.8. The van der Waals surface area contributed by atoms with E-state index in [4.69, 9.17) is 14.2 Å². The maximum atomic E-state index is 13.7. The van der Waals surface area contributed by atoms with E-state index in [0.29, 0.717) is 26.4 Å². The number of anilines is 1. The average Bonchev–Trinajstić information content (AvgIpc) is 2.61. The third kappa shape index (κ3) is 8.39. The lowest BCUT2D eigenvalue weighted by Gasteiger charge is -2.20. The number of unbranched alkanes of at least 4 members (excludes halogenated alkanes) is 1. The molecule has 0 aliphatic carbocycles. The Balaban J connectivity index is 2.22. The third-order valence-corrected chi connectivity index (χ3v) is 5.25. The van der Waals surface area contributed by atoms with Gasteiger partial charge in [0.2, 0.25) is 10.0 Å². The molecule has 150 valence electrons. The number of hydrogen-bond acceptors (Lipinski definition) is 5. The molecule has 1 aromatic rings. The number of rotatable bonds is 14. The van der Waals surface area contributed by atoms with E-state index in [1.807, 2.05) is 0 Å². The Morgan fingerprint density at radius 3 is 2.15 bits per heavy atom. The molecular formula is C17H27F2NO5S. The first-order valence-corrected chi connectivity index (χ1v) is 10.1. The highest BCUT2D eigenvalue weighted by Gasteiger charge is 2.21. The van der Waals surface area contributed by atoms with Crippen LogP contribution in [0, 0.1) is 11.6 Å². The van der Waals surface area contributed by atoms with Crippen molar-refractivity contribution in [3.05, 3.63) is 29.8 Å². The predicted octanol–water partition coefficient (Wildman–Crippen LogP) is 2.58. The molecule has 0 saturated carbocycles. The van der Waals surface area contributed by atoms with Gasteiger partial charge in [0.15, 0.2) is 0 Å². The number of sulfonamides is 1. The molecule has 0 amide bonds. The Labute approximate surface area is 154 Å². The molecule has 0 aliphatic rings. The number of ether oxygens (including phenoxy) is 3. The largest absolute Gasteiger partial charge is 0.379 e. The van der Waals surface area contributed by atoms with E-state index in [9.17, 15) is 17.2 Å². The summed E-state index contributed by atoms with van der Waals surface area (Å²) >= 11 is 0. The predicted molar refractivity (Wildman–Crippen MR) is 95.9 cm³/mol. The van der Waals surface area contributed by atoms with Gasteiger partial charge in [-0.2, -0.15) is 0 Å². The van der Waals surface area contributed by atoms with Gasteiger partial charge < -0.3 is 14.2 Å². The molecule has 9 heteroatoms. The molecule has 0 saturated heterocycles. The van der Waals surface area contributed by atoms with Crippen LogP contribution in [0.15, 0.2) is 18.2 Å². The smallest absolute Gasteiger partial charge is 0.237 e. The molecule has 0 aromatic heterocycles. The van der Waals surface area contributed by atoms with Crippen LogP contribution in [0.5, 0.6) is 0 Å². The van der Waals surface area contributed by atoms with Crippen molar-refractivity contribution in [2.75, 3.05) is 56.7 Å². The molecule has 0 aliphatic heterocycles. The van der Waals surface area contributed by atoms with Crippen molar-refractivity contribution in [3.8, 4) is 0 Å². The lowest BCUT2D eigenvalue weighted by atomic mass is 10.3. The van der Waals surface area contributed by atoms with Crippen molar-refractivity contribution in [1.29, 1.82) is 0 Å². The molecule has 1 aromatic carbocycles. The second kappa shape index (κ2) is 12.2. The van der Waals surface area contributed by atoms with Crippen molar-refractivity contribution >= 4 is 15.7 Å². The van der Waals surface area contributed by atoms with E-state index in [0.717, 1.165) is 35.3 Å². The fourth-order valence-electron chi connectivity index (χ4n) is 1.97. The lowest BCUT2D eigenvalue weighted by Crippen LogP contribution is -2.31. The van der Waals surface area contributed by atoms with Gasteiger partial charge in [0.25, 0.3) is 0 Å². The normalized spacial score (nSPS) is 11.7. The zero-order valence-corrected chi connectivity index (χ0v) is 16.1. The minimum Gasteiger partial charge on any atom is -0.379 e. The van der Waals surface area contributed by atoms with Gasteiger partial charge in [0.1, 0.15) is 11.6 Å². The van der Waals surface area contributed by atoms with E-state index in [-0.39, 0.29) is 24.7 Å². The Bertz CT molecular complexity index is 628. The van der Waals surface area contributed by atoms with Crippen LogP contribution in [0.2, 0.25) is 0 Å². The number of halogens is 2. The van der Waals surface area contributed by atoms with Crippen molar-refractivity contribution in [2.45, 2.75) is 19.8 Å². The number of benzene rings is 1. The summed E-state index contributed by atoms with van der Waals surface area (Å²) in [6, 6.07) is 2.65. The molecule has 6 nitrogen and oxygen atoms in total. The first-order valence-electron chi connectivity index (χ1n) is 8.53. The van der Waals surface area contributed by atoms with Crippen LogP contribution in [-0.2, 0) is 24.2 Å². The molecular weight excluding hydrogens is 368 g/mol. The quantitative estimate of drug-likeness (QED) is 0.453. The summed E-state index contributed by atoms with van der Waals surface area (Å²) in [6.45, 7) is 4.26. The minimum absolute atomic E-state index is 0.0695. The fraction of sp³-hybridized carbons (Fsp3) is 0.647. The molecule has 0 radical (unpaired) electrons. The summed E-state index contributed by atoms with van der Waals surface area (Å²) in [5.74, 6) is -1.87. The van der Waals surface area contributed by atoms with Crippen LogP contribution in [-0.4, -0.2) is 60.9 Å². The molecule has 0 N–H and O–H groups in total. The summed E-state index contributed by atoms with van der Waals surface area (Å²) in [5, 5.41) is 0. The molecule has 0 unspecified atom stereocenters. The van der Waals surface area contributed by atoms with Gasteiger partial charge in [-0.3, -0.25) is 4.31 Å². The highest BCUT2D eigenvalue weighted by Crippen LogP contribution is 2.21. The average molecular weight is 395 g/mol. The maximum Gasteiger partial charge on any atom is 0.237 e. The zero-order valence-electron chi connectivity index (χ0n) is 15.2. The molecule has 0 bridgehead atoms. The highest BCUT2D eigenvalue weighted by atomic mass is 32.2. The van der Waals surface area contributed by atoms with E-state index in [1.54, 1.807) is 0 Å². The van der Waals surface area contributed by atoms with Gasteiger partial charge in [0.05, 0.1) is 44.5 Å². The first-order chi connectivity index (χ1) is 12.4. The lowest BCUT2D eigenvalue weighted by molar-refractivity contribution is 0.0167. The van der Waals surface area contributed by atoms with Gasteiger partial charge in [-0.25, -0.2) is 17.2 Å². The topological polar surface area (TPSA) is 65.1 Å². The Morgan fingerprint density at radius 2 is 1.54 bits per heavy atom. The van der Waals surface area contributed by atoms with E-state index >= 15 is 0 Å². The van der Waals surface area contributed by atoms with Crippen LogP contribution in [0.25, 0.3) is 0 Å².